The molecule has 2 N–H and O–H groups in total. The number of anilines is 1. The number of aliphatic hydroxyl groups is 1. The maximum Gasteiger partial charge on any atom is 0.337 e. The normalized spacial score (nSPS) is 13.7. The lowest BCUT2D eigenvalue weighted by Crippen LogP contribution is -2.38. The molecule has 1 aromatic rings. The van der Waals surface area contributed by atoms with E-state index in [1.165, 1.54) is 7.11 Å². The smallest absolute Gasteiger partial charge is 0.337 e. The number of benzene rings is 1. The average Bonchev–Trinajstić information content (AvgIpc) is 3.29. The molecule has 0 atom stereocenters. The Kier molecular flexibility index (Phi) is 4.57. The molecule has 0 aromatic heterocycles. The first-order chi connectivity index (χ1) is 9.65. The van der Waals surface area contributed by atoms with Gasteiger partial charge in [-0.1, -0.05) is 0 Å². The molecule has 1 aliphatic rings. The van der Waals surface area contributed by atoms with Gasteiger partial charge in [0.05, 0.1) is 19.3 Å². The van der Waals surface area contributed by atoms with Gasteiger partial charge in [-0.05, 0) is 37.1 Å². The summed E-state index contributed by atoms with van der Waals surface area (Å²) in [5.41, 5.74) is 1.03. The van der Waals surface area contributed by atoms with Crippen molar-refractivity contribution in [2.45, 2.75) is 18.9 Å². The van der Waals surface area contributed by atoms with Gasteiger partial charge in [0.1, 0.15) is 0 Å². The maximum absolute atomic E-state index is 12.1. The Morgan fingerprint density at radius 3 is 2.50 bits per heavy atom. The van der Waals surface area contributed by atoms with E-state index >= 15 is 0 Å². The summed E-state index contributed by atoms with van der Waals surface area (Å²) in [6.45, 7) is 0.280. The quantitative estimate of drug-likeness (QED) is 0.799. The number of hydrogen-bond donors (Lipinski definition) is 2. The summed E-state index contributed by atoms with van der Waals surface area (Å²) in [5, 5.41) is 11.7. The average molecular weight is 278 g/mol. The van der Waals surface area contributed by atoms with Gasteiger partial charge in [0, 0.05) is 18.3 Å². The van der Waals surface area contributed by atoms with Crippen molar-refractivity contribution in [3.05, 3.63) is 29.8 Å². The molecule has 2 amide bonds. The van der Waals surface area contributed by atoms with Gasteiger partial charge in [0.15, 0.2) is 0 Å². The van der Waals surface area contributed by atoms with Gasteiger partial charge in [-0.3, -0.25) is 0 Å². The lowest BCUT2D eigenvalue weighted by Gasteiger charge is -2.21. The van der Waals surface area contributed by atoms with Crippen molar-refractivity contribution in [1.29, 1.82) is 0 Å². The number of aliphatic hydroxyl groups excluding tert-OH is 1. The van der Waals surface area contributed by atoms with E-state index < -0.39 is 5.97 Å². The van der Waals surface area contributed by atoms with Gasteiger partial charge in [0.2, 0.25) is 0 Å². The van der Waals surface area contributed by atoms with Gasteiger partial charge < -0.3 is 20.1 Å². The van der Waals surface area contributed by atoms with Crippen LogP contribution in [0.25, 0.3) is 0 Å². The Bertz CT molecular complexity index is 482. The summed E-state index contributed by atoms with van der Waals surface area (Å²) in [6.07, 6.45) is 1.96. The van der Waals surface area contributed by atoms with Crippen molar-refractivity contribution in [2.75, 3.05) is 25.6 Å². The fourth-order valence-corrected chi connectivity index (χ4v) is 1.95. The zero-order valence-corrected chi connectivity index (χ0v) is 11.3. The minimum absolute atomic E-state index is 0.0504. The highest BCUT2D eigenvalue weighted by molar-refractivity contribution is 5.92. The highest BCUT2D eigenvalue weighted by atomic mass is 16.5. The molecular formula is C14H18N2O4. The van der Waals surface area contributed by atoms with Crippen LogP contribution in [0.2, 0.25) is 0 Å². The van der Waals surface area contributed by atoms with E-state index in [2.05, 4.69) is 10.1 Å². The molecule has 1 saturated carbocycles. The third kappa shape index (κ3) is 3.48. The van der Waals surface area contributed by atoms with Gasteiger partial charge in [-0.2, -0.15) is 0 Å². The number of esters is 1. The first-order valence-corrected chi connectivity index (χ1v) is 6.52. The molecular weight excluding hydrogens is 260 g/mol. The molecule has 0 bridgehead atoms. The number of carbonyl (C=O) groups excluding carboxylic acids is 2. The zero-order valence-electron chi connectivity index (χ0n) is 11.3. The number of amides is 2. The monoisotopic (exact) mass is 278 g/mol. The van der Waals surface area contributed by atoms with Crippen LogP contribution in [0.4, 0.5) is 10.5 Å². The second kappa shape index (κ2) is 6.38. The summed E-state index contributed by atoms with van der Waals surface area (Å²) in [6, 6.07) is 6.48. The molecule has 20 heavy (non-hydrogen) atoms. The molecule has 0 unspecified atom stereocenters. The van der Waals surface area contributed by atoms with Crippen LogP contribution in [0, 0.1) is 0 Å². The van der Waals surface area contributed by atoms with E-state index in [1.807, 2.05) is 0 Å². The lowest BCUT2D eigenvalue weighted by atomic mass is 10.2. The Morgan fingerprint density at radius 1 is 1.35 bits per heavy atom. The van der Waals surface area contributed by atoms with E-state index in [1.54, 1.807) is 29.2 Å². The Labute approximate surface area is 117 Å². The van der Waals surface area contributed by atoms with Crippen LogP contribution in [-0.4, -0.2) is 48.3 Å². The third-order valence-corrected chi connectivity index (χ3v) is 3.15. The van der Waals surface area contributed by atoms with Crippen LogP contribution in [-0.2, 0) is 4.74 Å². The number of hydrogen-bond acceptors (Lipinski definition) is 4. The van der Waals surface area contributed by atoms with E-state index in [9.17, 15) is 9.59 Å². The predicted octanol–water partition coefficient (Wildman–Crippen LogP) is 1.46. The van der Waals surface area contributed by atoms with Gasteiger partial charge >= 0.3 is 12.0 Å². The van der Waals surface area contributed by atoms with Crippen molar-refractivity contribution in [3.63, 3.8) is 0 Å². The number of rotatable bonds is 5. The minimum atomic E-state index is -0.414. The molecule has 0 saturated heterocycles. The molecule has 1 aliphatic carbocycles. The van der Waals surface area contributed by atoms with Crippen LogP contribution in [0.15, 0.2) is 24.3 Å². The van der Waals surface area contributed by atoms with Crippen LogP contribution < -0.4 is 5.32 Å². The molecule has 0 aliphatic heterocycles. The molecule has 0 heterocycles. The second-order valence-electron chi connectivity index (χ2n) is 4.65. The number of nitrogens with one attached hydrogen (secondary N) is 1. The Morgan fingerprint density at radius 2 is 2.00 bits per heavy atom. The third-order valence-electron chi connectivity index (χ3n) is 3.15. The molecule has 2 rings (SSSR count). The molecule has 0 spiro atoms. The number of carbonyl (C=O) groups is 2. The van der Waals surface area contributed by atoms with Crippen molar-refractivity contribution in [1.82, 2.24) is 4.90 Å². The molecule has 6 nitrogen and oxygen atoms in total. The first kappa shape index (κ1) is 14.3. The van der Waals surface area contributed by atoms with Crippen LogP contribution >= 0.6 is 0 Å². The van der Waals surface area contributed by atoms with Gasteiger partial charge in [-0.15, -0.1) is 0 Å². The number of methoxy groups -OCH3 is 1. The molecule has 6 heteroatoms. The summed E-state index contributed by atoms with van der Waals surface area (Å²) >= 11 is 0. The van der Waals surface area contributed by atoms with E-state index in [0.717, 1.165) is 12.8 Å². The van der Waals surface area contributed by atoms with E-state index in [0.29, 0.717) is 17.8 Å². The highest BCUT2D eigenvalue weighted by Gasteiger charge is 2.32. The van der Waals surface area contributed by atoms with Gasteiger partial charge in [-0.25, -0.2) is 9.59 Å². The maximum atomic E-state index is 12.1. The largest absolute Gasteiger partial charge is 0.465 e. The summed E-state index contributed by atoms with van der Waals surface area (Å²) < 4.78 is 4.60. The van der Waals surface area contributed by atoms with Gasteiger partial charge in [0.25, 0.3) is 0 Å². The van der Waals surface area contributed by atoms with E-state index in [-0.39, 0.29) is 18.7 Å². The second-order valence-corrected chi connectivity index (χ2v) is 4.65. The topological polar surface area (TPSA) is 78.9 Å². The predicted molar refractivity (Wildman–Crippen MR) is 73.6 cm³/mol. The summed E-state index contributed by atoms with van der Waals surface area (Å²) in [7, 11) is 1.32. The first-order valence-electron chi connectivity index (χ1n) is 6.52. The van der Waals surface area contributed by atoms with E-state index in [4.69, 9.17) is 5.11 Å². The van der Waals surface area contributed by atoms with Crippen molar-refractivity contribution in [2.24, 2.45) is 0 Å². The summed E-state index contributed by atoms with van der Waals surface area (Å²) in [4.78, 5) is 25.0. The SMILES string of the molecule is COC(=O)c1ccc(NC(=O)N(CCO)C2CC2)cc1. The Hall–Kier alpha value is -2.08. The molecule has 1 fully saturated rings. The van der Waals surface area contributed by atoms with Crippen LogP contribution in [0.1, 0.15) is 23.2 Å². The van der Waals surface area contributed by atoms with Crippen molar-refractivity contribution >= 4 is 17.7 Å². The minimum Gasteiger partial charge on any atom is -0.465 e. The summed E-state index contributed by atoms with van der Waals surface area (Å²) in [5.74, 6) is -0.414. The lowest BCUT2D eigenvalue weighted by molar-refractivity contribution is 0.0601. The standard InChI is InChI=1S/C14H18N2O4/c1-20-13(18)10-2-4-11(5-3-10)15-14(19)16(8-9-17)12-6-7-12/h2-5,12,17H,6-9H2,1H3,(H,15,19). The Balaban J connectivity index is 1.98. The molecule has 0 radical (unpaired) electrons. The number of ether oxygens (including phenoxy) is 1. The molecule has 108 valence electrons. The number of nitrogens with zero attached hydrogens (tertiary/aromatic N) is 1. The fourth-order valence-electron chi connectivity index (χ4n) is 1.95. The van der Waals surface area contributed by atoms with Crippen LogP contribution in [0.5, 0.6) is 0 Å². The zero-order chi connectivity index (χ0) is 14.5. The fraction of sp³-hybridized carbons (Fsp3) is 0.429. The highest BCUT2D eigenvalue weighted by Crippen LogP contribution is 2.27. The molecule has 1 aromatic carbocycles. The van der Waals surface area contributed by atoms with Crippen molar-refractivity contribution in [3.8, 4) is 0 Å². The number of urea groups is 1. The van der Waals surface area contributed by atoms with Crippen LogP contribution in [0.3, 0.4) is 0 Å². The van der Waals surface area contributed by atoms with Crippen molar-refractivity contribution < 1.29 is 19.4 Å².